The Hall–Kier alpha value is -0.900. The second-order valence-electron chi connectivity index (χ2n) is 6.92. The van der Waals surface area contributed by atoms with Gasteiger partial charge in [-0.05, 0) is 45.3 Å². The van der Waals surface area contributed by atoms with Gasteiger partial charge < -0.3 is 5.32 Å². The number of piperazine rings is 1. The molecule has 0 radical (unpaired) electrons. The van der Waals surface area contributed by atoms with E-state index in [1.54, 1.807) is 0 Å². The van der Waals surface area contributed by atoms with Crippen LogP contribution in [0.5, 0.6) is 0 Å². The van der Waals surface area contributed by atoms with Crippen molar-refractivity contribution in [2.24, 2.45) is 0 Å². The molecule has 0 amide bonds. The quantitative estimate of drug-likeness (QED) is 0.920. The lowest BCUT2D eigenvalue weighted by atomic mass is 9.99. The Bertz CT molecular complexity index is 415. The molecule has 1 N–H and O–H groups in total. The minimum Gasteiger partial charge on any atom is -0.309 e. The van der Waals surface area contributed by atoms with Crippen molar-refractivity contribution in [3.63, 3.8) is 0 Å². The molecule has 2 fully saturated rings. The van der Waals surface area contributed by atoms with Crippen molar-refractivity contribution in [3.05, 3.63) is 35.9 Å². The van der Waals surface area contributed by atoms with Gasteiger partial charge in [0.05, 0.1) is 0 Å². The second kappa shape index (κ2) is 6.91. The van der Waals surface area contributed by atoms with Crippen LogP contribution in [0.2, 0.25) is 0 Å². The molecule has 21 heavy (non-hydrogen) atoms. The first-order chi connectivity index (χ1) is 10.2. The highest BCUT2D eigenvalue weighted by Crippen LogP contribution is 2.20. The number of nitrogens with zero attached hydrogens (tertiary/aromatic N) is 2. The van der Waals surface area contributed by atoms with Crippen LogP contribution < -0.4 is 5.32 Å². The van der Waals surface area contributed by atoms with Crippen molar-refractivity contribution in [1.29, 1.82) is 0 Å². The summed E-state index contributed by atoms with van der Waals surface area (Å²) in [5.74, 6) is 0. The Morgan fingerprint density at radius 3 is 2.24 bits per heavy atom. The van der Waals surface area contributed by atoms with Crippen molar-refractivity contribution in [2.75, 3.05) is 26.2 Å². The van der Waals surface area contributed by atoms with Crippen molar-refractivity contribution in [2.45, 2.75) is 51.4 Å². The van der Waals surface area contributed by atoms with Crippen molar-refractivity contribution in [1.82, 2.24) is 15.1 Å². The Labute approximate surface area is 129 Å². The molecule has 2 aliphatic heterocycles. The Kier molecular flexibility index (Phi) is 4.94. The summed E-state index contributed by atoms with van der Waals surface area (Å²) in [4.78, 5) is 5.34. The largest absolute Gasteiger partial charge is 0.309 e. The van der Waals surface area contributed by atoms with Gasteiger partial charge in [-0.15, -0.1) is 0 Å². The van der Waals surface area contributed by atoms with Crippen molar-refractivity contribution in [3.8, 4) is 0 Å². The van der Waals surface area contributed by atoms with Crippen LogP contribution in [0.1, 0.15) is 32.3 Å². The number of nitrogens with one attached hydrogen (secondary N) is 1. The molecule has 2 heterocycles. The van der Waals surface area contributed by atoms with Gasteiger partial charge in [-0.25, -0.2) is 0 Å². The van der Waals surface area contributed by atoms with Gasteiger partial charge in [0.25, 0.3) is 0 Å². The Morgan fingerprint density at radius 1 is 1.00 bits per heavy atom. The predicted molar refractivity (Wildman–Crippen MR) is 88.4 cm³/mol. The maximum atomic E-state index is 3.64. The molecule has 1 aromatic carbocycles. The van der Waals surface area contributed by atoms with E-state index in [4.69, 9.17) is 0 Å². The first kappa shape index (κ1) is 15.0. The molecule has 0 unspecified atom stereocenters. The van der Waals surface area contributed by atoms with Crippen LogP contribution in [-0.4, -0.2) is 54.1 Å². The van der Waals surface area contributed by atoms with E-state index in [0.29, 0.717) is 12.1 Å². The SMILES string of the molecule is C[C@@H]1CN(C2CCN(Cc3ccccc3)CC2)C[C@H](C)N1. The van der Waals surface area contributed by atoms with Gasteiger partial charge in [0.15, 0.2) is 0 Å². The zero-order valence-corrected chi connectivity index (χ0v) is 13.5. The summed E-state index contributed by atoms with van der Waals surface area (Å²) in [6, 6.07) is 12.9. The zero-order chi connectivity index (χ0) is 14.7. The van der Waals surface area contributed by atoms with Crippen LogP contribution in [0, 0.1) is 0 Å². The molecular weight excluding hydrogens is 258 g/mol. The van der Waals surface area contributed by atoms with Crippen LogP contribution in [0.4, 0.5) is 0 Å². The maximum absolute atomic E-state index is 3.64. The van der Waals surface area contributed by atoms with Crippen LogP contribution in [0.15, 0.2) is 30.3 Å². The molecule has 0 aliphatic carbocycles. The highest BCUT2D eigenvalue weighted by atomic mass is 15.3. The molecule has 0 aromatic heterocycles. The monoisotopic (exact) mass is 287 g/mol. The average Bonchev–Trinajstić information content (AvgIpc) is 2.48. The van der Waals surface area contributed by atoms with E-state index >= 15 is 0 Å². The lowest BCUT2D eigenvalue weighted by Gasteiger charge is -2.44. The molecule has 3 rings (SSSR count). The third kappa shape index (κ3) is 4.06. The molecule has 1 aromatic rings. The molecule has 116 valence electrons. The van der Waals surface area contributed by atoms with Crippen LogP contribution in [0.25, 0.3) is 0 Å². The van der Waals surface area contributed by atoms with E-state index in [2.05, 4.69) is 59.3 Å². The summed E-state index contributed by atoms with van der Waals surface area (Å²) >= 11 is 0. The van der Waals surface area contributed by atoms with E-state index in [-0.39, 0.29) is 0 Å². The highest BCUT2D eigenvalue weighted by molar-refractivity contribution is 5.14. The summed E-state index contributed by atoms with van der Waals surface area (Å²) in [7, 11) is 0. The standard InChI is InChI=1S/C18H29N3/c1-15-12-21(13-16(2)19-15)18-8-10-20(11-9-18)14-17-6-4-3-5-7-17/h3-7,15-16,18-19H,8-14H2,1-2H3/t15-,16+. The second-order valence-corrected chi connectivity index (χ2v) is 6.92. The van der Waals surface area contributed by atoms with Gasteiger partial charge in [0.1, 0.15) is 0 Å². The highest BCUT2D eigenvalue weighted by Gasteiger charge is 2.29. The molecule has 0 saturated carbocycles. The molecule has 3 heteroatoms. The van der Waals surface area contributed by atoms with Crippen molar-refractivity contribution < 1.29 is 0 Å². The Balaban J connectivity index is 1.48. The smallest absolute Gasteiger partial charge is 0.0233 e. The normalized spacial score (nSPS) is 29.6. The lowest BCUT2D eigenvalue weighted by molar-refractivity contribution is 0.0697. The topological polar surface area (TPSA) is 18.5 Å². The fourth-order valence-electron chi connectivity index (χ4n) is 3.95. The maximum Gasteiger partial charge on any atom is 0.0233 e. The summed E-state index contributed by atoms with van der Waals surface area (Å²) in [6.07, 6.45) is 2.65. The fourth-order valence-corrected chi connectivity index (χ4v) is 3.95. The number of benzene rings is 1. The number of likely N-dealkylation sites (tertiary alicyclic amines) is 1. The number of hydrogen-bond donors (Lipinski definition) is 1. The van der Waals surface area contributed by atoms with Gasteiger partial charge >= 0.3 is 0 Å². The third-order valence-corrected chi connectivity index (χ3v) is 4.91. The van der Waals surface area contributed by atoms with E-state index in [1.165, 1.54) is 44.6 Å². The number of piperidine rings is 1. The van der Waals surface area contributed by atoms with Crippen LogP contribution in [-0.2, 0) is 6.54 Å². The molecule has 3 nitrogen and oxygen atoms in total. The summed E-state index contributed by atoms with van der Waals surface area (Å²) < 4.78 is 0. The van der Waals surface area contributed by atoms with E-state index in [0.717, 1.165) is 12.6 Å². The molecule has 2 aliphatic rings. The third-order valence-electron chi connectivity index (χ3n) is 4.91. The molecule has 2 saturated heterocycles. The van der Waals surface area contributed by atoms with Gasteiger partial charge in [0.2, 0.25) is 0 Å². The van der Waals surface area contributed by atoms with Gasteiger partial charge in [-0.2, -0.15) is 0 Å². The summed E-state index contributed by atoms with van der Waals surface area (Å²) in [5.41, 5.74) is 1.44. The fraction of sp³-hybridized carbons (Fsp3) is 0.667. The number of hydrogen-bond acceptors (Lipinski definition) is 3. The van der Waals surface area contributed by atoms with Gasteiger partial charge in [-0.1, -0.05) is 30.3 Å². The van der Waals surface area contributed by atoms with E-state index < -0.39 is 0 Å². The van der Waals surface area contributed by atoms with Crippen LogP contribution >= 0.6 is 0 Å². The minimum absolute atomic E-state index is 0.635. The predicted octanol–water partition coefficient (Wildman–Crippen LogP) is 2.33. The first-order valence-electron chi connectivity index (χ1n) is 8.47. The van der Waals surface area contributed by atoms with Gasteiger partial charge in [-0.3, -0.25) is 9.80 Å². The zero-order valence-electron chi connectivity index (χ0n) is 13.5. The van der Waals surface area contributed by atoms with E-state index in [9.17, 15) is 0 Å². The van der Waals surface area contributed by atoms with Crippen LogP contribution in [0.3, 0.4) is 0 Å². The summed E-state index contributed by atoms with van der Waals surface area (Å²) in [6.45, 7) is 10.7. The average molecular weight is 287 g/mol. The first-order valence-corrected chi connectivity index (χ1v) is 8.47. The summed E-state index contributed by atoms with van der Waals surface area (Å²) in [5, 5.41) is 3.64. The molecule has 0 spiro atoms. The minimum atomic E-state index is 0.635. The van der Waals surface area contributed by atoms with Crippen molar-refractivity contribution >= 4 is 0 Å². The lowest BCUT2D eigenvalue weighted by Crippen LogP contribution is -2.58. The molecular formula is C18H29N3. The molecule has 0 bridgehead atoms. The van der Waals surface area contributed by atoms with Gasteiger partial charge in [0, 0.05) is 37.8 Å². The Morgan fingerprint density at radius 2 is 1.62 bits per heavy atom. The van der Waals surface area contributed by atoms with E-state index in [1.807, 2.05) is 0 Å². The number of rotatable bonds is 3. The molecule has 2 atom stereocenters.